The summed E-state index contributed by atoms with van der Waals surface area (Å²) in [4.78, 5) is 12.5. The molecule has 28 heavy (non-hydrogen) atoms. The first-order chi connectivity index (χ1) is 13.7. The number of nitrogens with one attached hydrogen (secondary N) is 1. The van der Waals surface area contributed by atoms with Crippen molar-refractivity contribution in [1.82, 2.24) is 9.78 Å². The molecule has 0 aliphatic rings. The molecule has 1 aromatic heterocycles. The fraction of sp³-hybridized carbons (Fsp3) is 0.190. The summed E-state index contributed by atoms with van der Waals surface area (Å²) in [6, 6.07) is 16.7. The third-order valence-corrected chi connectivity index (χ3v) is 4.31. The van der Waals surface area contributed by atoms with Crippen molar-refractivity contribution >= 4 is 23.5 Å². The van der Waals surface area contributed by atoms with Crippen molar-refractivity contribution in [2.24, 2.45) is 5.10 Å². The number of hydrogen-bond donors (Lipinski definition) is 1. The predicted octanol–water partition coefficient (Wildman–Crippen LogP) is 4.51. The predicted molar refractivity (Wildman–Crippen MR) is 113 cm³/mol. The first kappa shape index (κ1) is 19.6. The van der Waals surface area contributed by atoms with E-state index in [0.717, 1.165) is 24.2 Å². The second-order valence-corrected chi connectivity index (χ2v) is 6.45. The number of hydrogen-bond acceptors (Lipinski definition) is 5. The third-order valence-electron chi connectivity index (χ3n) is 3.94. The molecule has 3 rings (SSSR count). The van der Waals surface area contributed by atoms with Crippen LogP contribution < -0.4 is 15.7 Å². The molecule has 6 nitrogen and oxygen atoms in total. The van der Waals surface area contributed by atoms with Crippen molar-refractivity contribution in [3.05, 3.63) is 81.7 Å². The van der Waals surface area contributed by atoms with E-state index in [4.69, 9.17) is 16.3 Å². The van der Waals surface area contributed by atoms with Crippen molar-refractivity contribution in [3.63, 3.8) is 0 Å². The van der Waals surface area contributed by atoms with Crippen LogP contribution in [0.2, 0.25) is 5.02 Å². The van der Waals surface area contributed by atoms with Gasteiger partial charge in [0.2, 0.25) is 0 Å². The number of unbranched alkanes of at least 4 members (excludes halogenated alkanes) is 1. The number of halogens is 1. The van der Waals surface area contributed by atoms with E-state index < -0.39 is 5.56 Å². The monoisotopic (exact) mass is 396 g/mol. The zero-order valence-corrected chi connectivity index (χ0v) is 16.3. The molecule has 1 heterocycles. The molecule has 3 aromatic rings. The summed E-state index contributed by atoms with van der Waals surface area (Å²) in [5, 5.41) is 8.33. The molecule has 0 fully saturated rings. The number of aromatic nitrogens is 2. The summed E-state index contributed by atoms with van der Waals surface area (Å²) in [7, 11) is 0. The van der Waals surface area contributed by atoms with E-state index in [9.17, 15) is 4.79 Å². The lowest BCUT2D eigenvalue weighted by Crippen LogP contribution is -2.22. The van der Waals surface area contributed by atoms with Crippen LogP contribution in [-0.4, -0.2) is 22.6 Å². The van der Waals surface area contributed by atoms with Gasteiger partial charge in [-0.25, -0.2) is 0 Å². The van der Waals surface area contributed by atoms with Crippen LogP contribution >= 0.6 is 11.6 Å². The van der Waals surface area contributed by atoms with Gasteiger partial charge >= 0.3 is 0 Å². The van der Waals surface area contributed by atoms with E-state index in [1.54, 1.807) is 18.3 Å². The van der Waals surface area contributed by atoms with Crippen LogP contribution in [0.15, 0.2) is 70.7 Å². The lowest BCUT2D eigenvalue weighted by molar-refractivity contribution is 0.309. The number of ether oxygens (including phenoxy) is 1. The smallest absolute Gasteiger partial charge is 0.292 e. The number of para-hydroxylation sites is 1. The molecule has 0 aliphatic heterocycles. The van der Waals surface area contributed by atoms with Crippen LogP contribution in [0.3, 0.4) is 0 Å². The summed E-state index contributed by atoms with van der Waals surface area (Å²) in [5.74, 6) is 0.794. The molecule has 2 aromatic carbocycles. The second-order valence-electron chi connectivity index (χ2n) is 6.07. The molecule has 0 unspecified atom stereocenters. The molecule has 0 amide bonds. The molecule has 144 valence electrons. The van der Waals surface area contributed by atoms with E-state index in [-0.39, 0.29) is 5.02 Å². The zero-order valence-electron chi connectivity index (χ0n) is 15.5. The van der Waals surface area contributed by atoms with Crippen LogP contribution in [0.1, 0.15) is 25.3 Å². The Balaban J connectivity index is 1.70. The Morgan fingerprint density at radius 1 is 1.21 bits per heavy atom. The van der Waals surface area contributed by atoms with Crippen LogP contribution in [0.5, 0.6) is 5.75 Å². The second kappa shape index (κ2) is 9.71. The van der Waals surface area contributed by atoms with Crippen molar-refractivity contribution < 1.29 is 4.74 Å². The topological polar surface area (TPSA) is 68.5 Å². The normalized spacial score (nSPS) is 10.9. The van der Waals surface area contributed by atoms with Crippen molar-refractivity contribution in [2.75, 3.05) is 12.0 Å². The fourth-order valence-electron chi connectivity index (χ4n) is 2.46. The van der Waals surface area contributed by atoms with Gasteiger partial charge in [-0.15, -0.1) is 0 Å². The van der Waals surface area contributed by atoms with Crippen LogP contribution in [0, 0.1) is 0 Å². The molecule has 1 N–H and O–H groups in total. The average Bonchev–Trinajstić information content (AvgIpc) is 2.72. The van der Waals surface area contributed by atoms with E-state index in [1.165, 1.54) is 10.9 Å². The van der Waals surface area contributed by atoms with Gasteiger partial charge in [0, 0.05) is 0 Å². The van der Waals surface area contributed by atoms with Gasteiger partial charge in [0.05, 0.1) is 24.7 Å². The molecule has 0 atom stereocenters. The number of rotatable bonds is 8. The molecule has 0 bridgehead atoms. The van der Waals surface area contributed by atoms with Gasteiger partial charge in [0.15, 0.2) is 0 Å². The molecule has 7 heteroatoms. The molecular weight excluding hydrogens is 376 g/mol. The summed E-state index contributed by atoms with van der Waals surface area (Å²) >= 11 is 6.20. The number of hydrazone groups is 1. The third kappa shape index (κ3) is 4.98. The molecule has 0 saturated carbocycles. The summed E-state index contributed by atoms with van der Waals surface area (Å²) < 4.78 is 6.93. The highest BCUT2D eigenvalue weighted by Crippen LogP contribution is 2.17. The van der Waals surface area contributed by atoms with Gasteiger partial charge in [-0.2, -0.15) is 14.9 Å². The maximum atomic E-state index is 12.5. The Morgan fingerprint density at radius 2 is 2.04 bits per heavy atom. The van der Waals surface area contributed by atoms with E-state index in [2.05, 4.69) is 22.5 Å². The Bertz CT molecular complexity index is 1000. The maximum absolute atomic E-state index is 12.5. The lowest BCUT2D eigenvalue weighted by atomic mass is 10.2. The minimum atomic E-state index is -0.417. The summed E-state index contributed by atoms with van der Waals surface area (Å²) in [5.41, 5.74) is 4.20. The minimum Gasteiger partial charge on any atom is -0.494 e. The van der Waals surface area contributed by atoms with Gasteiger partial charge in [-0.3, -0.25) is 10.2 Å². The minimum absolute atomic E-state index is 0.0210. The Labute approximate surface area is 168 Å². The standard InChI is InChI=1S/C21H21ClN4O2/c1-2-3-12-28-18-11-7-8-16(13-18)14-23-25-19-15-24-26(21(27)20(19)22)17-9-5-4-6-10-17/h4-11,13-15,25H,2-3,12H2,1H3/b23-14-. The average molecular weight is 397 g/mol. The van der Waals surface area contributed by atoms with Gasteiger partial charge in [-0.1, -0.05) is 55.3 Å². The Hall–Kier alpha value is -3.12. The van der Waals surface area contributed by atoms with Crippen molar-refractivity contribution in [1.29, 1.82) is 0 Å². The van der Waals surface area contributed by atoms with Crippen LogP contribution in [0.25, 0.3) is 5.69 Å². The number of benzene rings is 2. The summed E-state index contributed by atoms with van der Waals surface area (Å²) in [6.07, 6.45) is 5.20. The maximum Gasteiger partial charge on any atom is 0.292 e. The number of anilines is 1. The van der Waals surface area contributed by atoms with Gasteiger partial charge < -0.3 is 4.74 Å². The Morgan fingerprint density at radius 3 is 2.82 bits per heavy atom. The van der Waals surface area contributed by atoms with E-state index >= 15 is 0 Å². The Kier molecular flexibility index (Phi) is 6.81. The highest BCUT2D eigenvalue weighted by atomic mass is 35.5. The molecule has 0 radical (unpaired) electrons. The summed E-state index contributed by atoms with van der Waals surface area (Å²) in [6.45, 7) is 2.81. The molecule has 0 aliphatic carbocycles. The van der Waals surface area contributed by atoms with E-state index in [0.29, 0.717) is 18.0 Å². The largest absolute Gasteiger partial charge is 0.494 e. The van der Waals surface area contributed by atoms with Gasteiger partial charge in [0.1, 0.15) is 16.5 Å². The van der Waals surface area contributed by atoms with Gasteiger partial charge in [0.25, 0.3) is 5.56 Å². The first-order valence-corrected chi connectivity index (χ1v) is 9.42. The van der Waals surface area contributed by atoms with Gasteiger partial charge in [-0.05, 0) is 36.2 Å². The molecular formula is C21H21ClN4O2. The molecule has 0 spiro atoms. The molecule has 0 saturated heterocycles. The van der Waals surface area contributed by atoms with Crippen LogP contribution in [0.4, 0.5) is 5.69 Å². The SMILES string of the molecule is CCCCOc1cccc(/C=N\Nc2cnn(-c3ccccc3)c(=O)c2Cl)c1. The number of nitrogens with zero attached hydrogens (tertiary/aromatic N) is 3. The highest BCUT2D eigenvalue weighted by Gasteiger charge is 2.09. The quantitative estimate of drug-likeness (QED) is 0.345. The van der Waals surface area contributed by atoms with Crippen LogP contribution in [-0.2, 0) is 0 Å². The van der Waals surface area contributed by atoms with E-state index in [1.807, 2.05) is 42.5 Å². The lowest BCUT2D eigenvalue weighted by Gasteiger charge is -2.08. The zero-order chi connectivity index (χ0) is 19.8. The highest BCUT2D eigenvalue weighted by molar-refractivity contribution is 6.32. The van der Waals surface area contributed by atoms with Crippen molar-refractivity contribution in [3.8, 4) is 11.4 Å². The fourth-order valence-corrected chi connectivity index (χ4v) is 2.63. The van der Waals surface area contributed by atoms with Crippen molar-refractivity contribution in [2.45, 2.75) is 19.8 Å². The first-order valence-electron chi connectivity index (χ1n) is 9.04.